The molecule has 4 heteroatoms. The number of nitrogens with zero attached hydrogens (tertiary/aromatic N) is 2. The first-order chi connectivity index (χ1) is 6.31. The Kier molecular flexibility index (Phi) is 2.22. The van der Waals surface area contributed by atoms with E-state index in [2.05, 4.69) is 20.9 Å². The SMILES string of the molecule is CCOc1cc2nccn2cc1Br. The van der Waals surface area contributed by atoms with E-state index in [1.54, 1.807) is 6.20 Å². The van der Waals surface area contributed by atoms with Gasteiger partial charge in [-0.25, -0.2) is 4.98 Å². The van der Waals surface area contributed by atoms with Crippen molar-refractivity contribution in [1.82, 2.24) is 9.38 Å². The Morgan fingerprint density at radius 3 is 3.23 bits per heavy atom. The van der Waals surface area contributed by atoms with E-state index in [1.165, 1.54) is 0 Å². The second-order valence-electron chi connectivity index (χ2n) is 2.61. The monoisotopic (exact) mass is 240 g/mol. The molecule has 0 radical (unpaired) electrons. The molecule has 2 aromatic rings. The van der Waals surface area contributed by atoms with Gasteiger partial charge in [-0.05, 0) is 22.9 Å². The first-order valence-electron chi connectivity index (χ1n) is 4.06. The summed E-state index contributed by atoms with van der Waals surface area (Å²) in [5, 5.41) is 0. The molecule has 0 amide bonds. The van der Waals surface area contributed by atoms with E-state index in [0.29, 0.717) is 6.61 Å². The van der Waals surface area contributed by atoms with E-state index in [1.807, 2.05) is 29.8 Å². The maximum absolute atomic E-state index is 5.41. The standard InChI is InChI=1S/C9H9BrN2O/c1-2-13-8-5-9-11-3-4-12(9)6-7(8)10/h3-6H,2H2,1H3. The van der Waals surface area contributed by atoms with Gasteiger partial charge in [0.1, 0.15) is 11.4 Å². The summed E-state index contributed by atoms with van der Waals surface area (Å²) in [5.74, 6) is 0.834. The van der Waals surface area contributed by atoms with Gasteiger partial charge in [-0.3, -0.25) is 0 Å². The fraction of sp³-hybridized carbons (Fsp3) is 0.222. The second kappa shape index (κ2) is 3.38. The second-order valence-corrected chi connectivity index (χ2v) is 3.47. The molecule has 2 aromatic heterocycles. The first-order valence-corrected chi connectivity index (χ1v) is 4.85. The van der Waals surface area contributed by atoms with Crippen LogP contribution in [0, 0.1) is 0 Å². The van der Waals surface area contributed by atoms with Gasteiger partial charge >= 0.3 is 0 Å². The highest BCUT2D eigenvalue weighted by molar-refractivity contribution is 9.10. The fourth-order valence-electron chi connectivity index (χ4n) is 1.18. The Bertz CT molecular complexity index is 424. The number of hydrogen-bond acceptors (Lipinski definition) is 2. The highest BCUT2D eigenvalue weighted by Crippen LogP contribution is 2.25. The highest BCUT2D eigenvalue weighted by atomic mass is 79.9. The smallest absolute Gasteiger partial charge is 0.140 e. The lowest BCUT2D eigenvalue weighted by Gasteiger charge is -2.05. The third-order valence-corrected chi connectivity index (χ3v) is 2.34. The van der Waals surface area contributed by atoms with Crippen molar-refractivity contribution in [1.29, 1.82) is 0 Å². The van der Waals surface area contributed by atoms with E-state index < -0.39 is 0 Å². The van der Waals surface area contributed by atoms with Crippen molar-refractivity contribution in [2.24, 2.45) is 0 Å². The van der Waals surface area contributed by atoms with Crippen LogP contribution in [-0.2, 0) is 0 Å². The Hall–Kier alpha value is -1.03. The van der Waals surface area contributed by atoms with Gasteiger partial charge in [-0.1, -0.05) is 0 Å². The van der Waals surface area contributed by atoms with E-state index in [4.69, 9.17) is 4.74 Å². The lowest BCUT2D eigenvalue weighted by molar-refractivity contribution is 0.338. The number of pyridine rings is 1. The average molecular weight is 241 g/mol. The molecule has 0 N–H and O–H groups in total. The molecule has 68 valence electrons. The number of imidazole rings is 1. The highest BCUT2D eigenvalue weighted by Gasteiger charge is 2.03. The molecule has 0 aliphatic heterocycles. The molecule has 13 heavy (non-hydrogen) atoms. The third-order valence-electron chi connectivity index (χ3n) is 1.75. The van der Waals surface area contributed by atoms with Crippen molar-refractivity contribution in [3.05, 3.63) is 29.1 Å². The van der Waals surface area contributed by atoms with Crippen LogP contribution in [0.3, 0.4) is 0 Å². The van der Waals surface area contributed by atoms with Gasteiger partial charge in [0.05, 0.1) is 11.1 Å². The zero-order valence-electron chi connectivity index (χ0n) is 7.20. The lowest BCUT2D eigenvalue weighted by atomic mass is 10.4. The van der Waals surface area contributed by atoms with Gasteiger partial charge in [-0.15, -0.1) is 0 Å². The predicted octanol–water partition coefficient (Wildman–Crippen LogP) is 2.50. The summed E-state index contributed by atoms with van der Waals surface area (Å²) in [6.45, 7) is 2.62. The van der Waals surface area contributed by atoms with Gasteiger partial charge in [0, 0.05) is 24.7 Å². The summed E-state index contributed by atoms with van der Waals surface area (Å²) in [7, 11) is 0. The maximum Gasteiger partial charge on any atom is 0.140 e. The molecule has 0 unspecified atom stereocenters. The minimum atomic E-state index is 0.662. The molecular formula is C9H9BrN2O. The van der Waals surface area contributed by atoms with Crippen LogP contribution in [0.4, 0.5) is 0 Å². The van der Waals surface area contributed by atoms with Crippen LogP contribution >= 0.6 is 15.9 Å². The van der Waals surface area contributed by atoms with Gasteiger partial charge in [0.25, 0.3) is 0 Å². The van der Waals surface area contributed by atoms with Crippen molar-refractivity contribution in [2.45, 2.75) is 6.92 Å². The minimum Gasteiger partial charge on any atom is -0.492 e. The predicted molar refractivity (Wildman–Crippen MR) is 54.1 cm³/mol. The normalized spacial score (nSPS) is 10.6. The van der Waals surface area contributed by atoms with Crippen LogP contribution in [0.25, 0.3) is 5.65 Å². The molecule has 0 aliphatic rings. The lowest BCUT2D eigenvalue weighted by Crippen LogP contribution is -1.94. The molecule has 2 rings (SSSR count). The molecule has 0 fully saturated rings. The molecule has 0 saturated heterocycles. The Morgan fingerprint density at radius 1 is 1.62 bits per heavy atom. The molecule has 0 spiro atoms. The molecule has 3 nitrogen and oxygen atoms in total. The largest absolute Gasteiger partial charge is 0.492 e. The maximum atomic E-state index is 5.41. The number of halogens is 1. The fourth-order valence-corrected chi connectivity index (χ4v) is 1.63. The van der Waals surface area contributed by atoms with Crippen molar-refractivity contribution in [3.8, 4) is 5.75 Å². The molecule has 2 heterocycles. The third kappa shape index (κ3) is 1.54. The topological polar surface area (TPSA) is 26.5 Å². The zero-order valence-corrected chi connectivity index (χ0v) is 8.78. The van der Waals surface area contributed by atoms with Crippen LogP contribution < -0.4 is 4.74 Å². The summed E-state index contributed by atoms with van der Waals surface area (Å²) in [6.07, 6.45) is 5.60. The Labute approximate surface area is 84.5 Å². The summed E-state index contributed by atoms with van der Waals surface area (Å²) in [4.78, 5) is 4.16. The van der Waals surface area contributed by atoms with Crippen molar-refractivity contribution < 1.29 is 4.74 Å². The number of aromatic nitrogens is 2. The number of ether oxygens (including phenoxy) is 1. The van der Waals surface area contributed by atoms with Gasteiger partial charge in [-0.2, -0.15) is 0 Å². The van der Waals surface area contributed by atoms with E-state index in [0.717, 1.165) is 15.9 Å². The van der Waals surface area contributed by atoms with Crippen LogP contribution in [0.5, 0.6) is 5.75 Å². The van der Waals surface area contributed by atoms with E-state index >= 15 is 0 Å². The molecule has 0 saturated carbocycles. The average Bonchev–Trinajstić information content (AvgIpc) is 2.52. The summed E-state index contributed by atoms with van der Waals surface area (Å²) < 4.78 is 8.30. The summed E-state index contributed by atoms with van der Waals surface area (Å²) in [5.41, 5.74) is 0.895. The van der Waals surface area contributed by atoms with Crippen LogP contribution in [0.15, 0.2) is 29.1 Å². The molecule has 0 bridgehead atoms. The van der Waals surface area contributed by atoms with Crippen molar-refractivity contribution in [2.75, 3.05) is 6.61 Å². The molecule has 0 aliphatic carbocycles. The van der Waals surface area contributed by atoms with Crippen LogP contribution in [0.1, 0.15) is 6.92 Å². The number of fused-ring (bicyclic) bond motifs is 1. The zero-order chi connectivity index (χ0) is 9.26. The quantitative estimate of drug-likeness (QED) is 0.807. The van der Waals surface area contributed by atoms with Crippen molar-refractivity contribution in [3.63, 3.8) is 0 Å². The summed E-state index contributed by atoms with van der Waals surface area (Å²) in [6, 6.07) is 1.91. The molecular weight excluding hydrogens is 232 g/mol. The summed E-state index contributed by atoms with van der Waals surface area (Å²) >= 11 is 3.43. The minimum absolute atomic E-state index is 0.662. The van der Waals surface area contributed by atoms with Gasteiger partial charge in [0.2, 0.25) is 0 Å². The van der Waals surface area contributed by atoms with Crippen LogP contribution in [0.2, 0.25) is 0 Å². The number of rotatable bonds is 2. The van der Waals surface area contributed by atoms with Crippen molar-refractivity contribution >= 4 is 21.6 Å². The Balaban J connectivity index is 2.56. The van der Waals surface area contributed by atoms with Gasteiger partial charge < -0.3 is 9.14 Å². The van der Waals surface area contributed by atoms with Gasteiger partial charge in [0.15, 0.2) is 0 Å². The van der Waals surface area contributed by atoms with E-state index in [-0.39, 0.29) is 0 Å². The number of hydrogen-bond donors (Lipinski definition) is 0. The molecule has 0 atom stereocenters. The first kappa shape index (κ1) is 8.56. The molecule has 0 aromatic carbocycles. The Morgan fingerprint density at radius 2 is 2.46 bits per heavy atom. The van der Waals surface area contributed by atoms with E-state index in [9.17, 15) is 0 Å². The van der Waals surface area contributed by atoms with Crippen LogP contribution in [-0.4, -0.2) is 16.0 Å².